The van der Waals surface area contributed by atoms with Crippen molar-refractivity contribution in [1.29, 1.82) is 0 Å². The fraction of sp³-hybridized carbons (Fsp3) is 0.312. The van der Waals surface area contributed by atoms with Crippen LogP contribution in [0.15, 0.2) is 36.4 Å². The maximum Gasteiger partial charge on any atom is 0.251 e. The van der Waals surface area contributed by atoms with Gasteiger partial charge in [-0.3, -0.25) is 4.79 Å². The van der Waals surface area contributed by atoms with Crippen molar-refractivity contribution in [3.05, 3.63) is 58.9 Å². The minimum Gasteiger partial charge on any atom is -0.380 e. The Morgan fingerprint density at radius 3 is 2.45 bits per heavy atom. The van der Waals surface area contributed by atoms with Crippen LogP contribution in [0.2, 0.25) is 0 Å². The molecular weight excluding hydrogens is 252 g/mol. The van der Waals surface area contributed by atoms with Gasteiger partial charge in [-0.1, -0.05) is 12.1 Å². The van der Waals surface area contributed by atoms with E-state index in [1.807, 2.05) is 50.4 Å². The zero-order valence-corrected chi connectivity index (χ0v) is 12.1. The highest BCUT2D eigenvalue weighted by Gasteiger charge is 2.07. The summed E-state index contributed by atoms with van der Waals surface area (Å²) < 4.78 is 7.12. The van der Waals surface area contributed by atoms with Gasteiger partial charge in [0.1, 0.15) is 0 Å². The molecule has 4 nitrogen and oxygen atoms in total. The van der Waals surface area contributed by atoms with E-state index >= 15 is 0 Å². The molecule has 1 N–H and O–H groups in total. The molecular formula is C16H20N2O2. The van der Waals surface area contributed by atoms with Crippen molar-refractivity contribution in [1.82, 2.24) is 9.88 Å². The third-order valence-electron chi connectivity index (χ3n) is 3.43. The van der Waals surface area contributed by atoms with Gasteiger partial charge in [-0.05, 0) is 36.8 Å². The molecule has 0 aliphatic carbocycles. The summed E-state index contributed by atoms with van der Waals surface area (Å²) in [5, 5.41) is 2.93. The van der Waals surface area contributed by atoms with Crippen molar-refractivity contribution in [3.63, 3.8) is 0 Å². The third kappa shape index (κ3) is 3.27. The van der Waals surface area contributed by atoms with Crippen LogP contribution in [0.25, 0.3) is 0 Å². The first-order valence-corrected chi connectivity index (χ1v) is 6.59. The molecule has 0 radical (unpaired) electrons. The first-order valence-electron chi connectivity index (χ1n) is 6.59. The van der Waals surface area contributed by atoms with Crippen molar-refractivity contribution < 1.29 is 9.53 Å². The molecule has 0 aliphatic heterocycles. The average molecular weight is 272 g/mol. The number of nitrogens with one attached hydrogen (secondary N) is 1. The van der Waals surface area contributed by atoms with Gasteiger partial charge in [0.2, 0.25) is 0 Å². The Balaban J connectivity index is 1.96. The number of carbonyl (C=O) groups excluding carboxylic acids is 1. The predicted molar refractivity (Wildman–Crippen MR) is 78.5 cm³/mol. The van der Waals surface area contributed by atoms with Crippen LogP contribution in [0.1, 0.15) is 27.3 Å². The molecule has 0 bridgehead atoms. The van der Waals surface area contributed by atoms with E-state index in [1.54, 1.807) is 7.11 Å². The zero-order chi connectivity index (χ0) is 14.5. The lowest BCUT2D eigenvalue weighted by Gasteiger charge is -2.08. The largest absolute Gasteiger partial charge is 0.380 e. The quantitative estimate of drug-likeness (QED) is 0.908. The molecule has 1 heterocycles. The molecule has 4 heteroatoms. The number of hydrogen-bond acceptors (Lipinski definition) is 2. The van der Waals surface area contributed by atoms with Gasteiger partial charge < -0.3 is 14.6 Å². The summed E-state index contributed by atoms with van der Waals surface area (Å²) >= 11 is 0. The number of aromatic nitrogens is 1. The van der Waals surface area contributed by atoms with Crippen LogP contribution in [0.3, 0.4) is 0 Å². The fourth-order valence-corrected chi connectivity index (χ4v) is 2.04. The number of rotatable bonds is 5. The van der Waals surface area contributed by atoms with Gasteiger partial charge in [0.05, 0.1) is 13.2 Å². The highest BCUT2D eigenvalue weighted by molar-refractivity contribution is 5.94. The Morgan fingerprint density at radius 1 is 1.20 bits per heavy atom. The van der Waals surface area contributed by atoms with Gasteiger partial charge in [-0.15, -0.1) is 0 Å². The van der Waals surface area contributed by atoms with E-state index in [9.17, 15) is 4.79 Å². The summed E-state index contributed by atoms with van der Waals surface area (Å²) in [7, 11) is 3.65. The topological polar surface area (TPSA) is 43.3 Å². The molecule has 1 amide bonds. The Hall–Kier alpha value is -2.07. The Labute approximate surface area is 119 Å². The molecule has 0 fully saturated rings. The molecule has 2 aromatic rings. The number of carbonyl (C=O) groups is 1. The molecule has 0 aliphatic rings. The summed E-state index contributed by atoms with van der Waals surface area (Å²) in [6.45, 7) is 3.13. The molecule has 106 valence electrons. The number of hydrogen-bond donors (Lipinski definition) is 1. The van der Waals surface area contributed by atoms with Gasteiger partial charge in [0, 0.05) is 31.1 Å². The van der Waals surface area contributed by atoms with Crippen molar-refractivity contribution in [2.24, 2.45) is 7.05 Å². The molecule has 0 saturated heterocycles. The summed E-state index contributed by atoms with van der Waals surface area (Å²) in [5.41, 5.74) is 3.99. The fourth-order valence-electron chi connectivity index (χ4n) is 2.04. The van der Waals surface area contributed by atoms with Crippen molar-refractivity contribution in [2.75, 3.05) is 7.11 Å². The lowest BCUT2D eigenvalue weighted by molar-refractivity contribution is 0.0950. The lowest BCUT2D eigenvalue weighted by Crippen LogP contribution is -2.24. The molecule has 0 unspecified atom stereocenters. The number of methoxy groups -OCH3 is 1. The van der Waals surface area contributed by atoms with E-state index in [4.69, 9.17) is 4.74 Å². The van der Waals surface area contributed by atoms with E-state index < -0.39 is 0 Å². The Kier molecular flexibility index (Phi) is 4.58. The maximum atomic E-state index is 12.1. The molecule has 20 heavy (non-hydrogen) atoms. The molecule has 2 rings (SSSR count). The van der Waals surface area contributed by atoms with E-state index in [2.05, 4.69) is 9.88 Å². The maximum absolute atomic E-state index is 12.1. The van der Waals surface area contributed by atoms with Crippen LogP contribution in [0.5, 0.6) is 0 Å². The zero-order valence-electron chi connectivity index (χ0n) is 12.1. The van der Waals surface area contributed by atoms with E-state index in [0.29, 0.717) is 18.7 Å². The minimum absolute atomic E-state index is 0.0622. The van der Waals surface area contributed by atoms with Crippen LogP contribution in [0.4, 0.5) is 0 Å². The Morgan fingerprint density at radius 2 is 1.90 bits per heavy atom. The molecule has 0 saturated carbocycles. The number of nitrogens with zero attached hydrogens (tertiary/aromatic N) is 1. The van der Waals surface area contributed by atoms with Crippen molar-refractivity contribution in [2.45, 2.75) is 20.1 Å². The predicted octanol–water partition coefficient (Wildman–Crippen LogP) is 2.41. The highest BCUT2D eigenvalue weighted by Crippen LogP contribution is 2.08. The second-order valence-corrected chi connectivity index (χ2v) is 4.84. The van der Waals surface area contributed by atoms with E-state index in [1.165, 1.54) is 5.69 Å². The minimum atomic E-state index is -0.0622. The van der Waals surface area contributed by atoms with Crippen LogP contribution < -0.4 is 5.32 Å². The van der Waals surface area contributed by atoms with Crippen LogP contribution >= 0.6 is 0 Å². The average Bonchev–Trinajstić information content (AvgIpc) is 2.77. The first-order chi connectivity index (χ1) is 9.61. The summed E-state index contributed by atoms with van der Waals surface area (Å²) in [4.78, 5) is 12.1. The van der Waals surface area contributed by atoms with Gasteiger partial charge in [-0.2, -0.15) is 0 Å². The van der Waals surface area contributed by atoms with Gasteiger partial charge in [0.25, 0.3) is 5.91 Å². The highest BCUT2D eigenvalue weighted by atomic mass is 16.5. The third-order valence-corrected chi connectivity index (χ3v) is 3.43. The second kappa shape index (κ2) is 6.39. The smallest absolute Gasteiger partial charge is 0.251 e. The van der Waals surface area contributed by atoms with Gasteiger partial charge in [0.15, 0.2) is 0 Å². The normalized spacial score (nSPS) is 10.6. The molecule has 0 atom stereocenters. The number of amides is 1. The molecule has 0 spiro atoms. The standard InChI is InChI=1S/C16H20N2O2/c1-12-4-9-15(18(12)2)10-17-16(19)14-7-5-13(6-8-14)11-20-3/h4-9H,10-11H2,1-3H3,(H,17,19). The van der Waals surface area contributed by atoms with E-state index in [-0.39, 0.29) is 5.91 Å². The van der Waals surface area contributed by atoms with E-state index in [0.717, 1.165) is 11.3 Å². The molecule has 1 aromatic carbocycles. The van der Waals surface area contributed by atoms with Crippen molar-refractivity contribution >= 4 is 5.91 Å². The van der Waals surface area contributed by atoms with Crippen molar-refractivity contribution in [3.8, 4) is 0 Å². The Bertz CT molecular complexity index is 585. The van der Waals surface area contributed by atoms with Gasteiger partial charge in [-0.25, -0.2) is 0 Å². The number of ether oxygens (including phenoxy) is 1. The summed E-state index contributed by atoms with van der Waals surface area (Å²) in [5.74, 6) is -0.0622. The summed E-state index contributed by atoms with van der Waals surface area (Å²) in [6, 6.07) is 11.5. The molecule has 1 aromatic heterocycles. The number of aryl methyl sites for hydroxylation is 1. The van der Waals surface area contributed by atoms with Crippen LogP contribution in [-0.4, -0.2) is 17.6 Å². The van der Waals surface area contributed by atoms with Gasteiger partial charge >= 0.3 is 0 Å². The second-order valence-electron chi connectivity index (χ2n) is 4.84. The lowest BCUT2D eigenvalue weighted by atomic mass is 10.1. The SMILES string of the molecule is COCc1ccc(C(=O)NCc2ccc(C)n2C)cc1. The first kappa shape index (κ1) is 14.3. The van der Waals surface area contributed by atoms with Crippen LogP contribution in [-0.2, 0) is 24.9 Å². The number of benzene rings is 1. The van der Waals surface area contributed by atoms with Crippen LogP contribution in [0, 0.1) is 6.92 Å². The monoisotopic (exact) mass is 272 g/mol. The summed E-state index contributed by atoms with van der Waals surface area (Å²) in [6.07, 6.45) is 0.